The number of hydrazone groups is 1. The summed E-state index contributed by atoms with van der Waals surface area (Å²) in [5.41, 5.74) is 0.965. The van der Waals surface area contributed by atoms with E-state index in [1.54, 1.807) is 12.1 Å². The van der Waals surface area contributed by atoms with Gasteiger partial charge in [-0.15, -0.1) is 0 Å². The molecule has 1 N–H and O–H groups in total. The van der Waals surface area contributed by atoms with Crippen LogP contribution < -0.4 is 5.49 Å². The van der Waals surface area contributed by atoms with E-state index in [4.69, 9.17) is 4.84 Å². The molecule has 1 aliphatic carbocycles. The Kier molecular flexibility index (Phi) is 8.62. The molecule has 1 aliphatic heterocycles. The Morgan fingerprint density at radius 1 is 1.17 bits per heavy atom. The maximum atomic E-state index is 13.7. The molecule has 1 aromatic carbocycles. The van der Waals surface area contributed by atoms with Crippen molar-refractivity contribution in [2.75, 3.05) is 6.54 Å². The highest BCUT2D eigenvalue weighted by Crippen LogP contribution is 2.32. The van der Waals surface area contributed by atoms with Crippen molar-refractivity contribution in [3.63, 3.8) is 0 Å². The molecule has 0 spiro atoms. The number of rotatable bonds is 10. The number of hydrogen-bond donors (Lipinski definition) is 1. The van der Waals surface area contributed by atoms with Crippen molar-refractivity contribution in [3.8, 4) is 0 Å². The quantitative estimate of drug-likeness (QED) is 0.310. The van der Waals surface area contributed by atoms with Crippen LogP contribution >= 0.6 is 0 Å². The topological polar surface area (TPSA) is 117 Å². The number of carbonyl (C=O) groups excluding carboxylic acids is 3. The Morgan fingerprint density at radius 2 is 1.92 bits per heavy atom. The maximum absolute atomic E-state index is 13.7. The average Bonchev–Trinajstić information content (AvgIpc) is 3.60. The van der Waals surface area contributed by atoms with Gasteiger partial charge in [0.15, 0.2) is 5.49 Å². The summed E-state index contributed by atoms with van der Waals surface area (Å²) in [6, 6.07) is 13.3. The molecule has 10 heteroatoms. The largest absolute Gasteiger partial charge is 0.427 e. The number of aromatic nitrogens is 1. The lowest BCUT2D eigenvalue weighted by molar-refractivity contribution is -0.183. The van der Waals surface area contributed by atoms with Gasteiger partial charge in [0.2, 0.25) is 12.3 Å². The lowest BCUT2D eigenvalue weighted by Gasteiger charge is -2.29. The third kappa shape index (κ3) is 6.45. The van der Waals surface area contributed by atoms with Crippen molar-refractivity contribution in [1.29, 1.82) is 0 Å². The van der Waals surface area contributed by atoms with Crippen LogP contribution in [-0.2, 0) is 25.8 Å². The minimum atomic E-state index is -0.904. The van der Waals surface area contributed by atoms with Crippen LogP contribution in [0.15, 0.2) is 64.8 Å². The average molecular weight is 494 g/mol. The molecule has 10 nitrogen and oxygen atoms in total. The minimum Gasteiger partial charge on any atom is -0.427 e. The summed E-state index contributed by atoms with van der Waals surface area (Å²) in [6.45, 7) is 0.259. The number of benzene rings is 1. The van der Waals surface area contributed by atoms with E-state index in [0.717, 1.165) is 41.0 Å². The first kappa shape index (κ1) is 25.3. The van der Waals surface area contributed by atoms with Gasteiger partial charge in [0, 0.05) is 18.8 Å². The SMILES string of the molecule is O=CN(C[C@@H](CC1CCCC1)C(=O)N1N=CC[C@H]1C(=O)N=c1ccccn1O)OCc1ccccc1. The van der Waals surface area contributed by atoms with E-state index in [1.807, 2.05) is 30.3 Å². The second-order valence-corrected chi connectivity index (χ2v) is 9.13. The third-order valence-electron chi connectivity index (χ3n) is 6.58. The Morgan fingerprint density at radius 3 is 2.64 bits per heavy atom. The molecule has 4 rings (SSSR count). The predicted molar refractivity (Wildman–Crippen MR) is 130 cm³/mol. The zero-order chi connectivity index (χ0) is 25.3. The highest BCUT2D eigenvalue weighted by molar-refractivity contribution is 5.93. The summed E-state index contributed by atoms with van der Waals surface area (Å²) in [5.74, 6) is -1.14. The first-order valence-electron chi connectivity index (χ1n) is 12.2. The number of nitrogens with zero attached hydrogens (tertiary/aromatic N) is 5. The van der Waals surface area contributed by atoms with Gasteiger partial charge in [-0.25, -0.2) is 10.1 Å². The van der Waals surface area contributed by atoms with Crippen LogP contribution in [0.2, 0.25) is 0 Å². The fourth-order valence-electron chi connectivity index (χ4n) is 4.70. The number of hydrogen-bond acceptors (Lipinski definition) is 6. The Hall–Kier alpha value is -3.79. The zero-order valence-corrected chi connectivity index (χ0v) is 20.1. The van der Waals surface area contributed by atoms with Gasteiger partial charge in [-0.3, -0.25) is 19.2 Å². The molecule has 190 valence electrons. The minimum absolute atomic E-state index is 0.0606. The van der Waals surface area contributed by atoms with Gasteiger partial charge in [0.1, 0.15) is 12.6 Å². The predicted octanol–water partition coefficient (Wildman–Crippen LogP) is 2.53. The van der Waals surface area contributed by atoms with Crippen molar-refractivity contribution in [1.82, 2.24) is 14.8 Å². The summed E-state index contributed by atoms with van der Waals surface area (Å²) in [5, 5.41) is 16.4. The van der Waals surface area contributed by atoms with Crippen molar-refractivity contribution in [2.24, 2.45) is 21.9 Å². The van der Waals surface area contributed by atoms with Crippen LogP contribution in [0.1, 0.15) is 44.1 Å². The van der Waals surface area contributed by atoms with Crippen LogP contribution in [0.4, 0.5) is 0 Å². The molecular weight excluding hydrogens is 462 g/mol. The van der Waals surface area contributed by atoms with Crippen molar-refractivity contribution in [3.05, 3.63) is 65.8 Å². The first-order valence-corrected chi connectivity index (χ1v) is 12.2. The fraction of sp³-hybridized carbons (Fsp3) is 0.423. The van der Waals surface area contributed by atoms with Gasteiger partial charge < -0.3 is 5.21 Å². The molecule has 3 amide bonds. The molecular formula is C26H31N5O5. The number of carbonyl (C=O) groups is 3. The standard InChI is InChI=1S/C26H31N5O5/c32-19-29(36-18-21-10-2-1-3-11-21)17-22(16-20-8-4-5-9-20)26(34)31-23(13-14-27-31)25(33)28-24-12-6-7-15-30(24)35/h1-3,6-7,10-12,14-15,19-20,22-23,35H,4-5,8-9,13,16-18H2/t22-,23+/m1/s1. The summed E-state index contributed by atoms with van der Waals surface area (Å²) >= 11 is 0. The van der Waals surface area contributed by atoms with Gasteiger partial charge in [0.05, 0.1) is 12.5 Å². The summed E-state index contributed by atoms with van der Waals surface area (Å²) in [4.78, 5) is 48.1. The number of pyridine rings is 1. The van der Waals surface area contributed by atoms with E-state index < -0.39 is 17.9 Å². The molecule has 0 unspecified atom stereocenters. The van der Waals surface area contributed by atoms with Gasteiger partial charge in [-0.2, -0.15) is 14.8 Å². The third-order valence-corrected chi connectivity index (χ3v) is 6.58. The lowest BCUT2D eigenvalue weighted by Crippen LogP contribution is -2.45. The van der Waals surface area contributed by atoms with Gasteiger partial charge >= 0.3 is 0 Å². The second kappa shape index (κ2) is 12.3. The van der Waals surface area contributed by atoms with Crippen molar-refractivity contribution >= 4 is 24.4 Å². The Labute approximate surface area is 209 Å². The van der Waals surface area contributed by atoms with Crippen LogP contribution in [0, 0.1) is 11.8 Å². The normalized spacial score (nSPS) is 18.9. The van der Waals surface area contributed by atoms with E-state index in [0.29, 0.717) is 18.7 Å². The van der Waals surface area contributed by atoms with E-state index in [-0.39, 0.29) is 31.0 Å². The van der Waals surface area contributed by atoms with Gasteiger partial charge in [0.25, 0.3) is 5.91 Å². The van der Waals surface area contributed by atoms with Gasteiger partial charge in [-0.1, -0.05) is 62.1 Å². The molecule has 36 heavy (non-hydrogen) atoms. The summed E-state index contributed by atoms with van der Waals surface area (Å²) in [7, 11) is 0. The molecule has 1 aromatic heterocycles. The van der Waals surface area contributed by atoms with E-state index >= 15 is 0 Å². The Bertz CT molecular complexity index is 1140. The molecule has 2 atom stereocenters. The molecule has 1 fully saturated rings. The molecule has 0 saturated heterocycles. The number of hydroxylamine groups is 2. The fourth-order valence-corrected chi connectivity index (χ4v) is 4.70. The molecule has 2 heterocycles. The van der Waals surface area contributed by atoms with Crippen molar-refractivity contribution in [2.45, 2.75) is 51.2 Å². The smallest absolute Gasteiger partial charge is 0.273 e. The van der Waals surface area contributed by atoms with E-state index in [9.17, 15) is 19.6 Å². The first-order chi connectivity index (χ1) is 17.5. The lowest BCUT2D eigenvalue weighted by atomic mass is 9.92. The molecule has 1 saturated carbocycles. The van der Waals surface area contributed by atoms with Crippen molar-refractivity contribution < 1.29 is 24.4 Å². The van der Waals surface area contributed by atoms with Crippen LogP contribution in [0.25, 0.3) is 0 Å². The molecule has 2 aliphatic rings. The van der Waals surface area contributed by atoms with E-state index in [1.165, 1.54) is 23.5 Å². The molecule has 2 aromatic rings. The highest BCUT2D eigenvalue weighted by atomic mass is 16.7. The maximum Gasteiger partial charge on any atom is 0.273 e. The highest BCUT2D eigenvalue weighted by Gasteiger charge is 2.38. The Balaban J connectivity index is 1.49. The summed E-state index contributed by atoms with van der Waals surface area (Å²) < 4.78 is 0.745. The van der Waals surface area contributed by atoms with Gasteiger partial charge in [-0.05, 0) is 30.0 Å². The monoisotopic (exact) mass is 493 g/mol. The second-order valence-electron chi connectivity index (χ2n) is 9.13. The number of amides is 3. The van der Waals surface area contributed by atoms with Crippen LogP contribution in [0.3, 0.4) is 0 Å². The molecule has 0 bridgehead atoms. The molecule has 0 radical (unpaired) electrons. The summed E-state index contributed by atoms with van der Waals surface area (Å²) in [6.07, 6.45) is 8.56. The zero-order valence-electron chi connectivity index (χ0n) is 20.1. The van der Waals surface area contributed by atoms with Crippen LogP contribution in [0.5, 0.6) is 0 Å². The van der Waals surface area contributed by atoms with E-state index in [2.05, 4.69) is 10.1 Å². The van der Waals surface area contributed by atoms with Crippen LogP contribution in [-0.4, -0.2) is 57.0 Å².